The summed E-state index contributed by atoms with van der Waals surface area (Å²) >= 11 is 0. The summed E-state index contributed by atoms with van der Waals surface area (Å²) in [5, 5.41) is 11.7. The van der Waals surface area contributed by atoms with E-state index in [0.717, 1.165) is 18.4 Å². The fraction of sp³-hybridized carbons (Fsp3) is 0.462. The van der Waals surface area contributed by atoms with E-state index in [9.17, 15) is 0 Å². The first kappa shape index (κ1) is 13.4. The molecule has 0 fully saturated rings. The third-order valence-corrected chi connectivity index (χ3v) is 2.54. The van der Waals surface area contributed by atoms with Crippen LogP contribution in [0.5, 0.6) is 5.75 Å². The average molecular weight is 236 g/mol. The number of benzene rings is 1. The Hall–Kier alpha value is -1.71. The molecule has 0 saturated heterocycles. The molecule has 0 aliphatic rings. The first-order valence-electron chi connectivity index (χ1n) is 5.83. The van der Waals surface area contributed by atoms with Crippen LogP contribution in [-0.4, -0.2) is 17.1 Å². The van der Waals surface area contributed by atoms with Crippen molar-refractivity contribution in [3.05, 3.63) is 29.3 Å². The summed E-state index contributed by atoms with van der Waals surface area (Å²) in [5.74, 6) is 0.741. The Morgan fingerprint density at radius 3 is 2.82 bits per heavy atom. The van der Waals surface area contributed by atoms with Crippen LogP contribution in [0.1, 0.15) is 37.8 Å². The van der Waals surface area contributed by atoms with Gasteiger partial charge in [0, 0.05) is 0 Å². The van der Waals surface area contributed by atoms with Crippen molar-refractivity contribution < 1.29 is 9.94 Å². The first-order valence-corrected chi connectivity index (χ1v) is 5.83. The van der Waals surface area contributed by atoms with Gasteiger partial charge in [-0.25, -0.2) is 0 Å². The van der Waals surface area contributed by atoms with E-state index in [0.29, 0.717) is 11.3 Å². The Balaban J connectivity index is 2.99. The molecule has 0 aromatic heterocycles. The zero-order chi connectivity index (χ0) is 12.8. The number of aryl methyl sites for hydroxylation is 1. The monoisotopic (exact) mass is 236 g/mol. The van der Waals surface area contributed by atoms with E-state index < -0.39 is 0 Å². The lowest BCUT2D eigenvalue weighted by Crippen LogP contribution is -2.18. The Kier molecular flexibility index (Phi) is 4.82. The van der Waals surface area contributed by atoms with Crippen LogP contribution in [0.25, 0.3) is 0 Å². The molecular formula is C13H20N2O2. The fourth-order valence-corrected chi connectivity index (χ4v) is 1.67. The van der Waals surface area contributed by atoms with Crippen molar-refractivity contribution >= 4 is 5.84 Å². The summed E-state index contributed by atoms with van der Waals surface area (Å²) in [6, 6.07) is 5.61. The smallest absolute Gasteiger partial charge is 0.173 e. The maximum Gasteiger partial charge on any atom is 0.173 e. The van der Waals surface area contributed by atoms with E-state index >= 15 is 0 Å². The van der Waals surface area contributed by atoms with Gasteiger partial charge in [-0.15, -0.1) is 0 Å². The molecule has 1 atom stereocenters. The number of ether oxygens (including phenoxy) is 1. The second-order valence-corrected chi connectivity index (χ2v) is 4.20. The highest BCUT2D eigenvalue weighted by Crippen LogP contribution is 2.22. The van der Waals surface area contributed by atoms with Crippen LogP contribution >= 0.6 is 0 Å². The lowest BCUT2D eigenvalue weighted by Gasteiger charge is -2.17. The third kappa shape index (κ3) is 3.66. The molecule has 1 aromatic rings. The number of nitrogens with two attached hydrogens (primary N) is 1. The zero-order valence-corrected chi connectivity index (χ0v) is 10.6. The highest BCUT2D eigenvalue weighted by Gasteiger charge is 2.11. The number of hydrogen-bond donors (Lipinski definition) is 2. The lowest BCUT2D eigenvalue weighted by atomic mass is 10.1. The van der Waals surface area contributed by atoms with Crippen LogP contribution in [-0.2, 0) is 0 Å². The van der Waals surface area contributed by atoms with Gasteiger partial charge in [0.1, 0.15) is 5.75 Å². The predicted molar refractivity (Wildman–Crippen MR) is 68.7 cm³/mol. The molecule has 1 unspecified atom stereocenters. The lowest BCUT2D eigenvalue weighted by molar-refractivity contribution is 0.209. The molecule has 17 heavy (non-hydrogen) atoms. The second kappa shape index (κ2) is 6.13. The normalized spacial score (nSPS) is 13.5. The van der Waals surface area contributed by atoms with Crippen LogP contribution in [0, 0.1) is 6.92 Å². The summed E-state index contributed by atoms with van der Waals surface area (Å²) in [7, 11) is 0. The minimum atomic E-state index is 0.0729. The van der Waals surface area contributed by atoms with Crippen molar-refractivity contribution in [2.24, 2.45) is 10.9 Å². The molecule has 0 saturated carbocycles. The Labute approximate surface area is 102 Å². The maximum absolute atomic E-state index is 8.73. The van der Waals surface area contributed by atoms with Crippen molar-refractivity contribution in [2.45, 2.75) is 39.7 Å². The first-order chi connectivity index (χ1) is 8.08. The van der Waals surface area contributed by atoms with Crippen molar-refractivity contribution in [2.75, 3.05) is 0 Å². The van der Waals surface area contributed by atoms with Gasteiger partial charge in [0.25, 0.3) is 0 Å². The Morgan fingerprint density at radius 1 is 1.53 bits per heavy atom. The minimum absolute atomic E-state index is 0.0729. The van der Waals surface area contributed by atoms with Gasteiger partial charge in [-0.3, -0.25) is 0 Å². The van der Waals surface area contributed by atoms with Crippen LogP contribution in [0.15, 0.2) is 23.4 Å². The van der Waals surface area contributed by atoms with Gasteiger partial charge in [-0.1, -0.05) is 24.6 Å². The minimum Gasteiger partial charge on any atom is -0.490 e. The van der Waals surface area contributed by atoms with E-state index in [4.69, 9.17) is 15.7 Å². The molecule has 0 spiro atoms. The summed E-state index contributed by atoms with van der Waals surface area (Å²) in [6.45, 7) is 6.11. The van der Waals surface area contributed by atoms with Crippen molar-refractivity contribution in [3.63, 3.8) is 0 Å². The summed E-state index contributed by atoms with van der Waals surface area (Å²) < 4.78 is 5.82. The molecule has 0 aliphatic heterocycles. The molecule has 0 radical (unpaired) electrons. The van der Waals surface area contributed by atoms with E-state index in [1.807, 2.05) is 26.0 Å². The predicted octanol–water partition coefficient (Wildman–Crippen LogP) is 2.66. The molecule has 3 N–H and O–H groups in total. The molecule has 4 heteroatoms. The van der Waals surface area contributed by atoms with Crippen molar-refractivity contribution in [1.82, 2.24) is 0 Å². The molecule has 0 heterocycles. The Bertz CT molecular complexity index is 402. The number of hydrogen-bond acceptors (Lipinski definition) is 3. The fourth-order valence-electron chi connectivity index (χ4n) is 1.67. The van der Waals surface area contributed by atoms with Crippen LogP contribution in [0.4, 0.5) is 0 Å². The molecule has 1 aromatic carbocycles. The van der Waals surface area contributed by atoms with Gasteiger partial charge in [-0.05, 0) is 38.0 Å². The van der Waals surface area contributed by atoms with E-state index in [1.54, 1.807) is 6.07 Å². The molecule has 4 nitrogen and oxygen atoms in total. The number of nitrogens with zero attached hydrogens (tertiary/aromatic N) is 1. The molecule has 1 rings (SSSR count). The number of amidine groups is 1. The maximum atomic E-state index is 8.73. The van der Waals surface area contributed by atoms with Gasteiger partial charge < -0.3 is 15.7 Å². The highest BCUT2D eigenvalue weighted by molar-refractivity contribution is 5.99. The summed E-state index contributed by atoms with van der Waals surface area (Å²) in [4.78, 5) is 0. The standard InChI is InChI=1S/C13H20N2O2/c1-4-5-10(3)17-12-8-9(2)6-7-11(12)13(14)15-16/h6-8,10,16H,4-5H2,1-3H3,(H2,14,15). The molecule has 0 aliphatic carbocycles. The van der Waals surface area contributed by atoms with E-state index in [1.165, 1.54) is 0 Å². The van der Waals surface area contributed by atoms with E-state index in [-0.39, 0.29) is 11.9 Å². The van der Waals surface area contributed by atoms with Gasteiger partial charge in [0.15, 0.2) is 5.84 Å². The number of rotatable bonds is 5. The average Bonchev–Trinajstić information content (AvgIpc) is 2.28. The largest absolute Gasteiger partial charge is 0.490 e. The third-order valence-electron chi connectivity index (χ3n) is 2.54. The van der Waals surface area contributed by atoms with Crippen molar-refractivity contribution in [3.8, 4) is 5.75 Å². The highest BCUT2D eigenvalue weighted by atomic mass is 16.5. The number of oxime groups is 1. The van der Waals surface area contributed by atoms with Gasteiger partial charge in [-0.2, -0.15) is 0 Å². The van der Waals surface area contributed by atoms with Gasteiger partial charge >= 0.3 is 0 Å². The molecule has 0 amide bonds. The van der Waals surface area contributed by atoms with Gasteiger partial charge in [0.2, 0.25) is 0 Å². The van der Waals surface area contributed by atoms with E-state index in [2.05, 4.69) is 12.1 Å². The van der Waals surface area contributed by atoms with Crippen LogP contribution < -0.4 is 10.5 Å². The summed E-state index contributed by atoms with van der Waals surface area (Å²) in [6.07, 6.45) is 2.15. The molecular weight excluding hydrogens is 216 g/mol. The topological polar surface area (TPSA) is 67.8 Å². The quantitative estimate of drug-likeness (QED) is 0.357. The summed E-state index contributed by atoms with van der Waals surface area (Å²) in [5.41, 5.74) is 7.32. The van der Waals surface area contributed by atoms with Crippen LogP contribution in [0.3, 0.4) is 0 Å². The van der Waals surface area contributed by atoms with Gasteiger partial charge in [0.05, 0.1) is 11.7 Å². The zero-order valence-electron chi connectivity index (χ0n) is 10.6. The van der Waals surface area contributed by atoms with Crippen LogP contribution in [0.2, 0.25) is 0 Å². The Morgan fingerprint density at radius 2 is 2.24 bits per heavy atom. The molecule has 94 valence electrons. The van der Waals surface area contributed by atoms with Crippen molar-refractivity contribution in [1.29, 1.82) is 0 Å². The second-order valence-electron chi connectivity index (χ2n) is 4.20. The molecule has 0 bridgehead atoms. The SMILES string of the molecule is CCCC(C)Oc1cc(C)ccc1/C(N)=N/O.